The highest BCUT2D eigenvalue weighted by Crippen LogP contribution is 2.42. The van der Waals surface area contributed by atoms with Crippen LogP contribution in [-0.2, 0) is 16.2 Å². The summed E-state index contributed by atoms with van der Waals surface area (Å²) in [6, 6.07) is 63.4. The maximum atomic E-state index is 7.18. The molecule has 0 aliphatic carbocycles. The zero-order valence-corrected chi connectivity index (χ0v) is 43.2. The molecule has 0 saturated carbocycles. The van der Waals surface area contributed by atoms with Crippen LogP contribution in [0.2, 0.25) is 0 Å². The van der Waals surface area contributed by atoms with E-state index < -0.39 is 0 Å². The predicted molar refractivity (Wildman–Crippen MR) is 294 cm³/mol. The molecule has 0 aliphatic heterocycles. The van der Waals surface area contributed by atoms with E-state index in [0.717, 1.165) is 56.4 Å². The summed E-state index contributed by atoms with van der Waals surface area (Å²) in [6.45, 7) is 25.2. The molecule has 0 aliphatic rings. The fourth-order valence-corrected chi connectivity index (χ4v) is 10.4. The van der Waals surface area contributed by atoms with Crippen LogP contribution in [0.15, 0.2) is 188 Å². The molecule has 0 saturated heterocycles. The number of rotatable bonds is 12. The van der Waals surface area contributed by atoms with Crippen LogP contribution in [0.5, 0.6) is 11.5 Å². The van der Waals surface area contributed by atoms with E-state index in [1.807, 2.05) is 6.20 Å². The van der Waals surface area contributed by atoms with E-state index in [-0.39, 0.29) is 16.2 Å². The molecule has 356 valence electrons. The number of nitrogens with zero attached hydrogens (tertiary/aromatic N) is 4. The zero-order chi connectivity index (χ0) is 49.8. The van der Waals surface area contributed by atoms with Crippen molar-refractivity contribution in [3.05, 3.63) is 234 Å². The van der Waals surface area contributed by atoms with Crippen LogP contribution in [0.1, 0.15) is 127 Å². The van der Waals surface area contributed by atoms with E-state index in [1.54, 1.807) is 0 Å². The standard InChI is InChI=1S/C66H66N4O/c1-44(2)55-29-21-30-56(45(3)4)63(55)46-36-52(69-43-68(42-61(69)64(5,6)7)51-27-20-26-49(38-51)65(8,9)47-22-14-12-15-23-47)40-54(37-46)71-53-32-33-58-57-28-18-19-31-59(57)70(60(58)41-53)62-39-50(34-35-67-62)66(10,11)48-24-16-13-17-25-48/h12-42,44-45H,1-11H3. The quantitative estimate of drug-likeness (QED) is 0.0904. The van der Waals surface area contributed by atoms with E-state index in [9.17, 15) is 0 Å². The topological polar surface area (TPSA) is 35.9 Å². The van der Waals surface area contributed by atoms with Crippen molar-refractivity contribution < 1.29 is 9.30 Å². The molecular formula is C66H66N4O. The van der Waals surface area contributed by atoms with Crippen LogP contribution in [0, 0.1) is 6.33 Å². The van der Waals surface area contributed by atoms with Crippen molar-refractivity contribution in [1.29, 1.82) is 0 Å². The van der Waals surface area contributed by atoms with Gasteiger partial charge in [0.1, 0.15) is 17.3 Å². The lowest BCUT2D eigenvalue weighted by Gasteiger charge is -2.26. The highest BCUT2D eigenvalue weighted by Gasteiger charge is 2.28. The lowest BCUT2D eigenvalue weighted by atomic mass is 9.78. The van der Waals surface area contributed by atoms with Gasteiger partial charge in [0.05, 0.1) is 28.1 Å². The molecule has 0 amide bonds. The summed E-state index contributed by atoms with van der Waals surface area (Å²) < 4.78 is 13.9. The van der Waals surface area contributed by atoms with E-state index in [0.29, 0.717) is 11.8 Å². The average Bonchev–Trinajstić information content (AvgIpc) is 3.98. The smallest absolute Gasteiger partial charge is 0.269 e. The van der Waals surface area contributed by atoms with Crippen molar-refractivity contribution in [1.82, 2.24) is 14.1 Å². The van der Waals surface area contributed by atoms with Crippen molar-refractivity contribution in [3.63, 3.8) is 0 Å². The van der Waals surface area contributed by atoms with E-state index in [1.165, 1.54) is 44.3 Å². The Hall–Kier alpha value is -7.50. The highest BCUT2D eigenvalue weighted by atomic mass is 16.5. The fraction of sp³-hybridized carbons (Fsp3) is 0.242. The number of para-hydroxylation sites is 1. The van der Waals surface area contributed by atoms with Crippen LogP contribution in [0.25, 0.3) is 50.1 Å². The lowest BCUT2D eigenvalue weighted by Crippen LogP contribution is -2.29. The number of fused-ring (bicyclic) bond motifs is 3. The summed E-state index contributed by atoms with van der Waals surface area (Å²) in [5.74, 6) is 2.98. The minimum Gasteiger partial charge on any atom is -0.458 e. The van der Waals surface area contributed by atoms with Gasteiger partial charge in [-0.2, -0.15) is 0 Å². The third-order valence-electron chi connectivity index (χ3n) is 14.7. The molecule has 0 bridgehead atoms. The van der Waals surface area contributed by atoms with Gasteiger partial charge in [0.15, 0.2) is 0 Å². The Morgan fingerprint density at radius 1 is 0.521 bits per heavy atom. The second kappa shape index (κ2) is 18.4. The monoisotopic (exact) mass is 931 g/mol. The van der Waals surface area contributed by atoms with Crippen LogP contribution >= 0.6 is 0 Å². The van der Waals surface area contributed by atoms with Crippen molar-refractivity contribution in [2.75, 3.05) is 0 Å². The minimum atomic E-state index is -0.231. The van der Waals surface area contributed by atoms with E-state index in [2.05, 4.69) is 278 Å². The minimum absolute atomic E-state index is 0.192. The normalized spacial score (nSPS) is 12.4. The second-order valence-corrected chi connectivity index (χ2v) is 22.0. The molecule has 0 N–H and O–H groups in total. The van der Waals surface area contributed by atoms with Gasteiger partial charge in [-0.15, -0.1) is 0 Å². The number of pyridine rings is 1. The fourth-order valence-electron chi connectivity index (χ4n) is 10.4. The maximum absolute atomic E-state index is 7.18. The molecule has 0 atom stereocenters. The van der Waals surface area contributed by atoms with E-state index in [4.69, 9.17) is 9.72 Å². The molecule has 0 fully saturated rings. The average molecular weight is 931 g/mol. The lowest BCUT2D eigenvalue weighted by molar-refractivity contribution is -0.599. The Balaban J connectivity index is 1.13. The summed E-state index contributed by atoms with van der Waals surface area (Å²) >= 11 is 0. The van der Waals surface area contributed by atoms with Gasteiger partial charge in [-0.3, -0.25) is 13.7 Å². The zero-order valence-electron chi connectivity index (χ0n) is 43.2. The van der Waals surface area contributed by atoms with Gasteiger partial charge in [-0.25, -0.2) is 4.98 Å². The van der Waals surface area contributed by atoms with Crippen molar-refractivity contribution >= 4 is 21.8 Å². The SMILES string of the molecule is CC(C)c1cccc(C(C)C)c1-c1cc(Oc2ccc3c4ccccc4n(-c4cc(C(C)(C)c5ccccc5)ccn4)c3c2)cc(-n2[c-][n+](-c3cccc(C(C)(C)c4ccccc4)c3)cc2C(C)(C)C)c1. The van der Waals surface area contributed by atoms with Crippen LogP contribution in [0.4, 0.5) is 0 Å². The number of aromatic nitrogens is 4. The predicted octanol–water partition coefficient (Wildman–Crippen LogP) is 16.7. The summed E-state index contributed by atoms with van der Waals surface area (Å²) in [4.78, 5) is 5.03. The molecule has 71 heavy (non-hydrogen) atoms. The molecule has 5 nitrogen and oxygen atoms in total. The summed E-state index contributed by atoms with van der Waals surface area (Å²) in [7, 11) is 0. The first-order chi connectivity index (χ1) is 34.0. The first-order valence-electron chi connectivity index (χ1n) is 25.2. The Morgan fingerprint density at radius 3 is 1.76 bits per heavy atom. The molecule has 10 aromatic rings. The number of hydrogen-bond donors (Lipinski definition) is 0. The van der Waals surface area contributed by atoms with Gasteiger partial charge in [-0.05, 0) is 122 Å². The van der Waals surface area contributed by atoms with Crippen molar-refractivity contribution in [2.24, 2.45) is 0 Å². The number of ether oxygens (including phenoxy) is 1. The third-order valence-corrected chi connectivity index (χ3v) is 14.7. The summed E-state index contributed by atoms with van der Waals surface area (Å²) in [5.41, 5.74) is 14.6. The molecular weight excluding hydrogens is 865 g/mol. The van der Waals surface area contributed by atoms with Crippen molar-refractivity contribution in [2.45, 2.75) is 104 Å². The van der Waals surface area contributed by atoms with Crippen molar-refractivity contribution in [3.8, 4) is 39.8 Å². The van der Waals surface area contributed by atoms with Gasteiger partial charge in [0.2, 0.25) is 0 Å². The van der Waals surface area contributed by atoms with Gasteiger partial charge in [0.25, 0.3) is 6.33 Å². The molecule has 0 unspecified atom stereocenters. The van der Waals surface area contributed by atoms with E-state index >= 15 is 0 Å². The Morgan fingerprint density at radius 2 is 1.11 bits per heavy atom. The highest BCUT2D eigenvalue weighted by molar-refractivity contribution is 6.09. The molecule has 3 aromatic heterocycles. The molecule has 3 heterocycles. The molecule has 10 rings (SSSR count). The largest absolute Gasteiger partial charge is 0.458 e. The number of benzene rings is 7. The Bertz CT molecular complexity index is 3520. The first-order valence-corrected chi connectivity index (χ1v) is 25.2. The number of hydrogen-bond acceptors (Lipinski definition) is 2. The van der Waals surface area contributed by atoms with Crippen LogP contribution in [0.3, 0.4) is 0 Å². The molecule has 0 spiro atoms. The van der Waals surface area contributed by atoms with Crippen LogP contribution < -0.4 is 9.30 Å². The molecule has 0 radical (unpaired) electrons. The van der Waals surface area contributed by atoms with Gasteiger partial charge >= 0.3 is 0 Å². The van der Waals surface area contributed by atoms with Gasteiger partial charge in [-0.1, -0.05) is 185 Å². The maximum Gasteiger partial charge on any atom is 0.269 e. The summed E-state index contributed by atoms with van der Waals surface area (Å²) in [5, 5.41) is 2.31. The number of imidazole rings is 1. The third kappa shape index (κ3) is 8.88. The molecule has 7 aromatic carbocycles. The Labute approximate surface area is 421 Å². The summed E-state index contributed by atoms with van der Waals surface area (Å²) in [6.07, 6.45) is 8.04. The molecule has 5 heteroatoms. The first kappa shape index (κ1) is 47.2. The Kier molecular flexibility index (Phi) is 12.2. The van der Waals surface area contributed by atoms with Gasteiger partial charge in [0, 0.05) is 40.1 Å². The van der Waals surface area contributed by atoms with Gasteiger partial charge < -0.3 is 4.74 Å². The van der Waals surface area contributed by atoms with Crippen LogP contribution in [-0.4, -0.2) is 14.1 Å². The second-order valence-electron chi connectivity index (χ2n) is 22.0.